The highest BCUT2D eigenvalue weighted by molar-refractivity contribution is 5.85. The zero-order valence-corrected chi connectivity index (χ0v) is 11.1. The molecule has 0 aliphatic rings. The number of fused-ring (bicyclic) bond motifs is 1. The van der Waals surface area contributed by atoms with Crippen LogP contribution in [0, 0.1) is 11.6 Å². The molecule has 0 saturated heterocycles. The molecular formula is C17H13F2NO. The van der Waals surface area contributed by atoms with E-state index in [1.54, 1.807) is 24.5 Å². The lowest BCUT2D eigenvalue weighted by Crippen LogP contribution is -2.06. The van der Waals surface area contributed by atoms with Crippen molar-refractivity contribution in [1.82, 2.24) is 4.98 Å². The molecule has 2 aromatic carbocycles. The summed E-state index contributed by atoms with van der Waals surface area (Å²) < 4.78 is 27.4. The van der Waals surface area contributed by atoms with Crippen LogP contribution >= 0.6 is 0 Å². The Kier molecular flexibility index (Phi) is 3.62. The lowest BCUT2D eigenvalue weighted by atomic mass is 9.97. The SMILES string of the molecule is OC(Cc1c(F)cccc1F)c1cccc2ccncc12. The molecule has 0 bridgehead atoms. The molecule has 1 aromatic heterocycles. The molecule has 0 fully saturated rings. The zero-order chi connectivity index (χ0) is 14.8. The Labute approximate surface area is 120 Å². The van der Waals surface area contributed by atoms with Gasteiger partial charge in [-0.1, -0.05) is 24.3 Å². The summed E-state index contributed by atoms with van der Waals surface area (Å²) >= 11 is 0. The van der Waals surface area contributed by atoms with Crippen molar-refractivity contribution < 1.29 is 13.9 Å². The van der Waals surface area contributed by atoms with E-state index in [1.165, 1.54) is 18.2 Å². The average molecular weight is 285 g/mol. The van der Waals surface area contributed by atoms with Crippen LogP contribution in [-0.2, 0) is 6.42 Å². The molecule has 1 heterocycles. The summed E-state index contributed by atoms with van der Waals surface area (Å²) in [6, 6.07) is 11.0. The minimum Gasteiger partial charge on any atom is -0.388 e. The van der Waals surface area contributed by atoms with Crippen molar-refractivity contribution in [3.63, 3.8) is 0 Å². The number of aliphatic hydroxyl groups excluding tert-OH is 1. The van der Waals surface area contributed by atoms with E-state index in [-0.39, 0.29) is 12.0 Å². The Morgan fingerprint density at radius 2 is 1.71 bits per heavy atom. The lowest BCUT2D eigenvalue weighted by Gasteiger charge is -2.14. The first-order chi connectivity index (χ1) is 10.2. The molecule has 4 heteroatoms. The molecule has 1 atom stereocenters. The number of nitrogens with zero attached hydrogens (tertiary/aromatic N) is 1. The van der Waals surface area contributed by atoms with E-state index in [0.717, 1.165) is 10.8 Å². The second-order valence-electron chi connectivity index (χ2n) is 4.86. The Bertz CT molecular complexity index is 763. The number of rotatable bonds is 3. The minimum absolute atomic E-state index is 0.106. The number of benzene rings is 2. The summed E-state index contributed by atoms with van der Waals surface area (Å²) in [7, 11) is 0. The first kappa shape index (κ1) is 13.6. The van der Waals surface area contributed by atoms with E-state index in [0.29, 0.717) is 5.56 Å². The predicted octanol–water partition coefficient (Wildman–Crippen LogP) is 3.79. The molecule has 3 aromatic rings. The van der Waals surface area contributed by atoms with E-state index >= 15 is 0 Å². The number of halogens is 2. The zero-order valence-electron chi connectivity index (χ0n) is 11.1. The Hall–Kier alpha value is -2.33. The Morgan fingerprint density at radius 3 is 2.48 bits per heavy atom. The molecule has 0 saturated carbocycles. The van der Waals surface area contributed by atoms with Crippen LogP contribution < -0.4 is 0 Å². The molecule has 1 unspecified atom stereocenters. The normalized spacial score (nSPS) is 12.5. The molecule has 0 aliphatic heterocycles. The van der Waals surface area contributed by atoms with Crippen LogP contribution in [-0.4, -0.2) is 10.1 Å². The van der Waals surface area contributed by atoms with Gasteiger partial charge >= 0.3 is 0 Å². The minimum atomic E-state index is -0.996. The van der Waals surface area contributed by atoms with Crippen LogP contribution in [0.1, 0.15) is 17.2 Å². The fourth-order valence-corrected chi connectivity index (χ4v) is 2.46. The summed E-state index contributed by atoms with van der Waals surface area (Å²) in [5, 5.41) is 12.1. The maximum absolute atomic E-state index is 13.7. The summed E-state index contributed by atoms with van der Waals surface area (Å²) in [6.07, 6.45) is 2.19. The van der Waals surface area contributed by atoms with E-state index in [1.807, 2.05) is 12.1 Å². The molecule has 106 valence electrons. The molecule has 3 rings (SSSR count). The summed E-state index contributed by atoms with van der Waals surface area (Å²) in [4.78, 5) is 4.04. The third-order valence-electron chi connectivity index (χ3n) is 3.54. The van der Waals surface area contributed by atoms with Gasteiger partial charge in [0.1, 0.15) is 11.6 Å². The van der Waals surface area contributed by atoms with Crippen LogP contribution in [0.3, 0.4) is 0 Å². The van der Waals surface area contributed by atoms with Crippen molar-refractivity contribution in [3.8, 4) is 0 Å². The van der Waals surface area contributed by atoms with Gasteiger partial charge in [0.05, 0.1) is 6.10 Å². The Balaban J connectivity index is 2.00. The van der Waals surface area contributed by atoms with Gasteiger partial charge in [0, 0.05) is 29.8 Å². The smallest absolute Gasteiger partial charge is 0.129 e. The van der Waals surface area contributed by atoms with Crippen LogP contribution in [0.5, 0.6) is 0 Å². The van der Waals surface area contributed by atoms with Gasteiger partial charge in [0.2, 0.25) is 0 Å². The standard InChI is InChI=1S/C17H13F2NO/c18-15-5-2-6-16(19)13(15)9-17(21)12-4-1-3-11-7-8-20-10-14(11)12/h1-8,10,17,21H,9H2. The largest absolute Gasteiger partial charge is 0.388 e. The van der Waals surface area contributed by atoms with Crippen molar-refractivity contribution in [3.05, 3.63) is 77.6 Å². The van der Waals surface area contributed by atoms with E-state index in [9.17, 15) is 13.9 Å². The third kappa shape index (κ3) is 2.62. The number of hydrogen-bond donors (Lipinski definition) is 1. The van der Waals surface area contributed by atoms with Gasteiger partial charge in [-0.25, -0.2) is 8.78 Å². The molecule has 21 heavy (non-hydrogen) atoms. The second-order valence-corrected chi connectivity index (χ2v) is 4.86. The van der Waals surface area contributed by atoms with E-state index < -0.39 is 17.7 Å². The van der Waals surface area contributed by atoms with Crippen LogP contribution in [0.15, 0.2) is 54.9 Å². The van der Waals surface area contributed by atoms with Crippen molar-refractivity contribution in [2.24, 2.45) is 0 Å². The average Bonchev–Trinajstić information content (AvgIpc) is 2.50. The number of pyridine rings is 1. The summed E-state index contributed by atoms with van der Waals surface area (Å²) in [5.41, 5.74) is 0.508. The Morgan fingerprint density at radius 1 is 1.00 bits per heavy atom. The molecule has 0 aliphatic carbocycles. The number of hydrogen-bond acceptors (Lipinski definition) is 2. The predicted molar refractivity (Wildman–Crippen MR) is 76.8 cm³/mol. The van der Waals surface area contributed by atoms with Gasteiger partial charge in [0.25, 0.3) is 0 Å². The van der Waals surface area contributed by atoms with Crippen molar-refractivity contribution >= 4 is 10.8 Å². The van der Waals surface area contributed by atoms with Gasteiger partial charge in [0.15, 0.2) is 0 Å². The maximum Gasteiger partial charge on any atom is 0.129 e. The van der Waals surface area contributed by atoms with E-state index in [2.05, 4.69) is 4.98 Å². The molecule has 1 N–H and O–H groups in total. The fourth-order valence-electron chi connectivity index (χ4n) is 2.46. The fraction of sp³-hybridized carbons (Fsp3) is 0.118. The number of aliphatic hydroxyl groups is 1. The lowest BCUT2D eigenvalue weighted by molar-refractivity contribution is 0.177. The molecule has 0 amide bonds. The maximum atomic E-state index is 13.7. The van der Waals surface area contributed by atoms with E-state index in [4.69, 9.17) is 0 Å². The van der Waals surface area contributed by atoms with Crippen molar-refractivity contribution in [1.29, 1.82) is 0 Å². The van der Waals surface area contributed by atoms with Crippen LogP contribution in [0.4, 0.5) is 8.78 Å². The van der Waals surface area contributed by atoms with Gasteiger partial charge in [-0.05, 0) is 29.1 Å². The van der Waals surface area contributed by atoms with Crippen LogP contribution in [0.2, 0.25) is 0 Å². The monoisotopic (exact) mass is 285 g/mol. The van der Waals surface area contributed by atoms with Gasteiger partial charge in [-0.15, -0.1) is 0 Å². The third-order valence-corrected chi connectivity index (χ3v) is 3.54. The van der Waals surface area contributed by atoms with Gasteiger partial charge < -0.3 is 5.11 Å². The molecule has 0 spiro atoms. The second kappa shape index (κ2) is 5.58. The first-order valence-electron chi connectivity index (χ1n) is 6.60. The first-order valence-corrected chi connectivity index (χ1v) is 6.60. The van der Waals surface area contributed by atoms with Gasteiger partial charge in [-0.3, -0.25) is 4.98 Å². The highest BCUT2D eigenvalue weighted by Crippen LogP contribution is 2.27. The van der Waals surface area contributed by atoms with Crippen molar-refractivity contribution in [2.75, 3.05) is 0 Å². The highest BCUT2D eigenvalue weighted by Gasteiger charge is 2.17. The summed E-state index contributed by atoms with van der Waals surface area (Å²) in [5.74, 6) is -1.29. The molecule has 2 nitrogen and oxygen atoms in total. The summed E-state index contributed by atoms with van der Waals surface area (Å²) in [6.45, 7) is 0. The molecule has 0 radical (unpaired) electrons. The molecular weight excluding hydrogens is 272 g/mol. The van der Waals surface area contributed by atoms with Crippen LogP contribution in [0.25, 0.3) is 10.8 Å². The topological polar surface area (TPSA) is 33.1 Å². The quantitative estimate of drug-likeness (QED) is 0.794. The van der Waals surface area contributed by atoms with Gasteiger partial charge in [-0.2, -0.15) is 0 Å². The number of aromatic nitrogens is 1. The highest BCUT2D eigenvalue weighted by atomic mass is 19.1. The van der Waals surface area contributed by atoms with Crippen molar-refractivity contribution in [2.45, 2.75) is 12.5 Å².